The first-order chi connectivity index (χ1) is 15.4. The molecule has 1 aromatic carbocycles. The molecule has 3 aromatic heterocycles. The van der Waals surface area contributed by atoms with Gasteiger partial charge in [-0.3, -0.25) is 4.79 Å². The molecule has 0 aliphatic rings. The van der Waals surface area contributed by atoms with Crippen LogP contribution in [0.25, 0.3) is 21.8 Å². The minimum absolute atomic E-state index is 0.0610. The van der Waals surface area contributed by atoms with E-state index in [0.717, 1.165) is 9.44 Å². The van der Waals surface area contributed by atoms with Crippen LogP contribution in [0, 0.1) is 0 Å². The number of para-hydroxylation sites is 2. The quantitative estimate of drug-likeness (QED) is 0.393. The molecule has 168 valence electrons. The molecule has 0 radical (unpaired) electrons. The molecule has 0 aliphatic carbocycles. The second-order valence-electron chi connectivity index (χ2n) is 6.79. The van der Waals surface area contributed by atoms with Crippen molar-refractivity contribution in [3.8, 4) is 10.8 Å². The van der Waals surface area contributed by atoms with Crippen LogP contribution in [0.4, 0.5) is 13.2 Å². The molecule has 4 rings (SSSR count). The van der Waals surface area contributed by atoms with Gasteiger partial charge in [0.1, 0.15) is 6.54 Å². The van der Waals surface area contributed by atoms with Crippen LogP contribution in [-0.4, -0.2) is 50.8 Å². The van der Waals surface area contributed by atoms with Crippen LogP contribution in [0.5, 0.6) is 0 Å². The molecular weight excluding hydrogens is 447 g/mol. The van der Waals surface area contributed by atoms with E-state index in [0.29, 0.717) is 5.89 Å². The van der Waals surface area contributed by atoms with Gasteiger partial charge in [0.05, 0.1) is 29.1 Å². The molecule has 4 aromatic rings. The zero-order valence-electron chi connectivity index (χ0n) is 16.9. The molecule has 0 aliphatic heterocycles. The SMILES string of the molecule is COCCN(Cc1nnc(-c2cccs2)o1)C(=O)Cn1c(C(F)(F)F)nc2ccccc21. The summed E-state index contributed by atoms with van der Waals surface area (Å²) in [6, 6.07) is 9.81. The van der Waals surface area contributed by atoms with Gasteiger partial charge in [-0.2, -0.15) is 13.2 Å². The molecule has 3 heterocycles. The smallest absolute Gasteiger partial charge is 0.418 e. The summed E-state index contributed by atoms with van der Waals surface area (Å²) >= 11 is 1.42. The molecule has 0 N–H and O–H groups in total. The monoisotopic (exact) mass is 465 g/mol. The number of aromatic nitrogens is 4. The Hall–Kier alpha value is -3.25. The number of carbonyl (C=O) groups is 1. The molecule has 12 heteroatoms. The first kappa shape index (κ1) is 22.0. The Balaban J connectivity index is 1.59. The molecule has 8 nitrogen and oxygen atoms in total. The Kier molecular flexibility index (Phi) is 6.24. The lowest BCUT2D eigenvalue weighted by Gasteiger charge is -2.22. The number of nitrogens with zero attached hydrogens (tertiary/aromatic N) is 5. The molecule has 1 amide bonds. The zero-order chi connectivity index (χ0) is 22.7. The number of halogens is 3. The van der Waals surface area contributed by atoms with E-state index in [4.69, 9.17) is 9.15 Å². The number of benzene rings is 1. The lowest BCUT2D eigenvalue weighted by Crippen LogP contribution is -2.36. The molecule has 0 unspecified atom stereocenters. The lowest BCUT2D eigenvalue weighted by molar-refractivity contribution is -0.148. The van der Waals surface area contributed by atoms with Crippen molar-refractivity contribution in [3.05, 3.63) is 53.5 Å². The molecule has 0 fully saturated rings. The maximum atomic E-state index is 13.6. The number of carbonyl (C=O) groups excluding carboxylic acids is 1. The molecular formula is C20H18F3N5O3S. The van der Waals surface area contributed by atoms with E-state index in [1.54, 1.807) is 12.1 Å². The number of imidazole rings is 1. The van der Waals surface area contributed by atoms with Crippen molar-refractivity contribution >= 4 is 28.3 Å². The summed E-state index contributed by atoms with van der Waals surface area (Å²) in [7, 11) is 1.47. The van der Waals surface area contributed by atoms with Gasteiger partial charge >= 0.3 is 6.18 Å². The van der Waals surface area contributed by atoms with Crippen LogP contribution >= 0.6 is 11.3 Å². The number of ether oxygens (including phenoxy) is 1. The first-order valence-corrected chi connectivity index (χ1v) is 10.4. The van der Waals surface area contributed by atoms with Gasteiger partial charge in [-0.15, -0.1) is 21.5 Å². The number of fused-ring (bicyclic) bond motifs is 1. The van der Waals surface area contributed by atoms with E-state index in [1.165, 1.54) is 35.5 Å². The molecule has 32 heavy (non-hydrogen) atoms. The van der Waals surface area contributed by atoms with Gasteiger partial charge in [-0.1, -0.05) is 18.2 Å². The van der Waals surface area contributed by atoms with Crippen molar-refractivity contribution in [2.75, 3.05) is 20.3 Å². The Bertz CT molecular complexity index is 1200. The summed E-state index contributed by atoms with van der Waals surface area (Å²) < 4.78 is 52.2. The Morgan fingerprint density at radius 3 is 2.75 bits per heavy atom. The average Bonchev–Trinajstić information content (AvgIpc) is 3.50. The van der Waals surface area contributed by atoms with Gasteiger partial charge in [0, 0.05) is 13.7 Å². The summed E-state index contributed by atoms with van der Waals surface area (Å²) in [6.45, 7) is -0.284. The zero-order valence-corrected chi connectivity index (χ0v) is 17.7. The van der Waals surface area contributed by atoms with Crippen LogP contribution in [0.3, 0.4) is 0 Å². The topological polar surface area (TPSA) is 86.3 Å². The van der Waals surface area contributed by atoms with Gasteiger partial charge in [0.15, 0.2) is 0 Å². The van der Waals surface area contributed by atoms with Crippen molar-refractivity contribution < 1.29 is 27.1 Å². The highest BCUT2D eigenvalue weighted by Crippen LogP contribution is 2.31. The predicted molar refractivity (Wildman–Crippen MR) is 110 cm³/mol. The van der Waals surface area contributed by atoms with E-state index in [9.17, 15) is 18.0 Å². The molecule has 0 saturated carbocycles. The fourth-order valence-corrected chi connectivity index (χ4v) is 3.81. The molecule has 0 bridgehead atoms. The Morgan fingerprint density at radius 2 is 2.03 bits per heavy atom. The summed E-state index contributed by atoms with van der Waals surface area (Å²) in [5.74, 6) is -1.21. The van der Waals surface area contributed by atoms with Crippen molar-refractivity contribution in [2.45, 2.75) is 19.3 Å². The van der Waals surface area contributed by atoms with Crippen LogP contribution in [0.2, 0.25) is 0 Å². The fraction of sp³-hybridized carbons (Fsp3) is 0.300. The van der Waals surface area contributed by atoms with Gasteiger partial charge in [0.25, 0.3) is 5.89 Å². The molecule has 0 saturated heterocycles. The van der Waals surface area contributed by atoms with Gasteiger partial charge < -0.3 is 18.6 Å². The minimum Gasteiger partial charge on any atom is -0.418 e. The number of methoxy groups -OCH3 is 1. The maximum absolute atomic E-state index is 13.6. The highest BCUT2D eigenvalue weighted by Gasteiger charge is 2.38. The largest absolute Gasteiger partial charge is 0.449 e. The normalized spacial score (nSPS) is 11.9. The van der Waals surface area contributed by atoms with Crippen molar-refractivity contribution in [1.29, 1.82) is 0 Å². The second-order valence-corrected chi connectivity index (χ2v) is 7.74. The third-order valence-corrected chi connectivity index (χ3v) is 5.50. The molecule has 0 atom stereocenters. The second kappa shape index (κ2) is 9.09. The highest BCUT2D eigenvalue weighted by atomic mass is 32.1. The standard InChI is InChI=1S/C20H18F3N5O3S/c1-30-9-8-27(11-16-25-26-18(31-16)15-7-4-10-32-15)17(29)12-28-14-6-3-2-5-13(14)24-19(28)20(21,22)23/h2-7,10H,8-9,11-12H2,1H3. The summed E-state index contributed by atoms with van der Waals surface area (Å²) in [4.78, 5) is 18.8. The number of hydrogen-bond acceptors (Lipinski definition) is 7. The number of alkyl halides is 3. The van der Waals surface area contributed by atoms with Crippen LogP contribution in [0.1, 0.15) is 11.7 Å². The van der Waals surface area contributed by atoms with Crippen LogP contribution < -0.4 is 0 Å². The number of thiophene rings is 1. The summed E-state index contributed by atoms with van der Waals surface area (Å²) in [5, 5.41) is 9.80. The van der Waals surface area contributed by atoms with E-state index in [-0.39, 0.29) is 36.6 Å². The maximum Gasteiger partial charge on any atom is 0.449 e. The number of hydrogen-bond donors (Lipinski definition) is 0. The molecule has 0 spiro atoms. The average molecular weight is 465 g/mol. The van der Waals surface area contributed by atoms with E-state index in [2.05, 4.69) is 15.2 Å². The van der Waals surface area contributed by atoms with Gasteiger partial charge in [-0.25, -0.2) is 4.98 Å². The first-order valence-electron chi connectivity index (χ1n) is 9.52. The van der Waals surface area contributed by atoms with E-state index < -0.39 is 24.5 Å². The van der Waals surface area contributed by atoms with Gasteiger partial charge in [-0.05, 0) is 23.6 Å². The number of amides is 1. The Labute approximate surface area is 184 Å². The fourth-order valence-electron chi connectivity index (χ4n) is 3.16. The summed E-state index contributed by atoms with van der Waals surface area (Å²) in [5.41, 5.74) is 0.381. The highest BCUT2D eigenvalue weighted by molar-refractivity contribution is 7.13. The van der Waals surface area contributed by atoms with E-state index >= 15 is 0 Å². The minimum atomic E-state index is -4.71. The van der Waals surface area contributed by atoms with Crippen LogP contribution in [0.15, 0.2) is 46.2 Å². The van der Waals surface area contributed by atoms with Gasteiger partial charge in [0.2, 0.25) is 17.6 Å². The lowest BCUT2D eigenvalue weighted by atomic mass is 10.3. The third kappa shape index (κ3) is 4.65. The predicted octanol–water partition coefficient (Wildman–Crippen LogP) is 3.84. The van der Waals surface area contributed by atoms with E-state index in [1.807, 2.05) is 17.5 Å². The Morgan fingerprint density at radius 1 is 1.22 bits per heavy atom. The third-order valence-electron chi connectivity index (χ3n) is 4.64. The van der Waals surface area contributed by atoms with Crippen molar-refractivity contribution in [1.82, 2.24) is 24.6 Å². The number of rotatable bonds is 8. The van der Waals surface area contributed by atoms with Crippen LogP contribution in [-0.2, 0) is 28.8 Å². The van der Waals surface area contributed by atoms with Crippen molar-refractivity contribution in [3.63, 3.8) is 0 Å². The summed E-state index contributed by atoms with van der Waals surface area (Å²) in [6.07, 6.45) is -4.71. The van der Waals surface area contributed by atoms with Crippen molar-refractivity contribution in [2.24, 2.45) is 0 Å².